The maximum absolute atomic E-state index is 12.4. The Balaban J connectivity index is 1.49. The third kappa shape index (κ3) is 4.60. The summed E-state index contributed by atoms with van der Waals surface area (Å²) in [5.74, 6) is 0.805. The number of rotatable bonds is 4. The van der Waals surface area contributed by atoms with Crippen LogP contribution in [0.1, 0.15) is 31.4 Å². The Morgan fingerprint density at radius 2 is 1.72 bits per heavy atom. The van der Waals surface area contributed by atoms with Crippen molar-refractivity contribution in [1.29, 1.82) is 0 Å². The average molecular weight is 362 g/mol. The van der Waals surface area contributed by atoms with E-state index >= 15 is 0 Å². The number of nitrogens with zero attached hydrogens (tertiary/aromatic N) is 1. The Hall–Kier alpha value is -2.34. The van der Waals surface area contributed by atoms with Gasteiger partial charge in [0, 0.05) is 28.6 Å². The fourth-order valence-electron chi connectivity index (χ4n) is 3.08. The number of nitrogens with one attached hydrogen (secondary N) is 2. The first-order valence-electron chi connectivity index (χ1n) is 8.32. The lowest BCUT2D eigenvalue weighted by Crippen LogP contribution is -2.32. The molecule has 1 fully saturated rings. The first kappa shape index (κ1) is 17.5. The van der Waals surface area contributed by atoms with Crippen molar-refractivity contribution < 1.29 is 14.1 Å². The molecule has 1 aliphatic rings. The van der Waals surface area contributed by atoms with E-state index in [1.54, 1.807) is 31.2 Å². The zero-order valence-corrected chi connectivity index (χ0v) is 14.7. The molecular formula is C18H20ClN3O3. The summed E-state index contributed by atoms with van der Waals surface area (Å²) >= 11 is 5.93. The van der Waals surface area contributed by atoms with Gasteiger partial charge in [0.05, 0.1) is 0 Å². The zero-order chi connectivity index (χ0) is 17.8. The second-order valence-corrected chi connectivity index (χ2v) is 6.80. The SMILES string of the molecule is Cc1cc(NC(=O)C2CCC(C(=O)Nc3cccc(Cl)c3)CC2)no1. The van der Waals surface area contributed by atoms with Crippen molar-refractivity contribution in [3.63, 3.8) is 0 Å². The molecule has 6 nitrogen and oxygen atoms in total. The number of amides is 2. The van der Waals surface area contributed by atoms with Crippen LogP contribution >= 0.6 is 11.6 Å². The molecule has 2 aromatic rings. The van der Waals surface area contributed by atoms with Crippen LogP contribution in [0.2, 0.25) is 5.02 Å². The molecule has 132 valence electrons. The largest absolute Gasteiger partial charge is 0.360 e. The van der Waals surface area contributed by atoms with Crippen molar-refractivity contribution in [2.24, 2.45) is 11.8 Å². The molecule has 25 heavy (non-hydrogen) atoms. The Morgan fingerprint density at radius 3 is 2.28 bits per heavy atom. The summed E-state index contributed by atoms with van der Waals surface area (Å²) in [7, 11) is 0. The third-order valence-electron chi connectivity index (χ3n) is 4.44. The normalized spacial score (nSPS) is 20.1. The molecule has 7 heteroatoms. The monoisotopic (exact) mass is 361 g/mol. The number of anilines is 2. The standard InChI is InChI=1S/C18H20ClN3O3/c1-11-9-16(22-25-11)21-18(24)13-7-5-12(6-8-13)17(23)20-15-4-2-3-14(19)10-15/h2-4,9-10,12-13H,5-8H2,1H3,(H,20,23)(H,21,22,24). The Labute approximate surface area is 150 Å². The predicted octanol–water partition coefficient (Wildman–Crippen LogP) is 4.02. The smallest absolute Gasteiger partial charge is 0.228 e. The van der Waals surface area contributed by atoms with Crippen molar-refractivity contribution in [2.75, 3.05) is 10.6 Å². The van der Waals surface area contributed by atoms with E-state index in [4.69, 9.17) is 16.1 Å². The minimum absolute atomic E-state index is 0.0201. The van der Waals surface area contributed by atoms with Gasteiger partial charge < -0.3 is 15.2 Å². The molecule has 1 heterocycles. The van der Waals surface area contributed by atoms with Gasteiger partial charge in [0.25, 0.3) is 0 Å². The Kier molecular flexibility index (Phi) is 5.38. The van der Waals surface area contributed by atoms with Crippen LogP contribution in [0.3, 0.4) is 0 Å². The Morgan fingerprint density at radius 1 is 1.08 bits per heavy atom. The quantitative estimate of drug-likeness (QED) is 0.861. The highest BCUT2D eigenvalue weighted by molar-refractivity contribution is 6.30. The molecule has 0 saturated heterocycles. The van der Waals surface area contributed by atoms with Crippen LogP contribution in [0.5, 0.6) is 0 Å². The molecule has 0 radical (unpaired) electrons. The summed E-state index contributed by atoms with van der Waals surface area (Å²) in [6.07, 6.45) is 2.72. The highest BCUT2D eigenvalue weighted by Crippen LogP contribution is 2.30. The first-order valence-corrected chi connectivity index (χ1v) is 8.69. The second kappa shape index (κ2) is 7.70. The van der Waals surface area contributed by atoms with Crippen molar-refractivity contribution in [3.05, 3.63) is 41.1 Å². The fraction of sp³-hybridized carbons (Fsp3) is 0.389. The number of carbonyl (C=O) groups is 2. The van der Waals surface area contributed by atoms with Crippen LogP contribution in [-0.4, -0.2) is 17.0 Å². The van der Waals surface area contributed by atoms with Gasteiger partial charge in [0.2, 0.25) is 11.8 Å². The van der Waals surface area contributed by atoms with Gasteiger partial charge in [-0.05, 0) is 50.8 Å². The molecular weight excluding hydrogens is 342 g/mol. The molecule has 2 N–H and O–H groups in total. The van der Waals surface area contributed by atoms with Crippen LogP contribution in [0.15, 0.2) is 34.9 Å². The Bertz CT molecular complexity index is 766. The summed E-state index contributed by atoms with van der Waals surface area (Å²) in [4.78, 5) is 24.6. The number of benzene rings is 1. The number of carbonyl (C=O) groups excluding carboxylic acids is 2. The molecule has 0 atom stereocenters. The summed E-state index contributed by atoms with van der Waals surface area (Å²) in [6.45, 7) is 1.77. The molecule has 1 aliphatic carbocycles. The third-order valence-corrected chi connectivity index (χ3v) is 4.68. The van der Waals surface area contributed by atoms with Gasteiger partial charge >= 0.3 is 0 Å². The van der Waals surface area contributed by atoms with Crippen LogP contribution in [0, 0.1) is 18.8 Å². The van der Waals surface area contributed by atoms with Gasteiger partial charge in [-0.1, -0.05) is 22.8 Å². The van der Waals surface area contributed by atoms with E-state index in [0.29, 0.717) is 48.0 Å². The molecule has 1 saturated carbocycles. The van der Waals surface area contributed by atoms with E-state index < -0.39 is 0 Å². The van der Waals surface area contributed by atoms with E-state index in [-0.39, 0.29) is 23.7 Å². The molecule has 0 bridgehead atoms. The topological polar surface area (TPSA) is 84.2 Å². The van der Waals surface area contributed by atoms with Gasteiger partial charge in [-0.3, -0.25) is 9.59 Å². The van der Waals surface area contributed by atoms with Gasteiger partial charge in [0.15, 0.2) is 5.82 Å². The minimum atomic E-state index is -0.104. The lowest BCUT2D eigenvalue weighted by Gasteiger charge is -2.26. The number of halogens is 1. The number of aryl methyl sites for hydroxylation is 1. The van der Waals surface area contributed by atoms with Gasteiger partial charge in [-0.25, -0.2) is 0 Å². The highest BCUT2D eigenvalue weighted by atomic mass is 35.5. The van der Waals surface area contributed by atoms with Crippen LogP contribution in [-0.2, 0) is 9.59 Å². The molecule has 1 aromatic heterocycles. The van der Waals surface area contributed by atoms with Crippen molar-refractivity contribution in [1.82, 2.24) is 5.16 Å². The highest BCUT2D eigenvalue weighted by Gasteiger charge is 2.30. The summed E-state index contributed by atoms with van der Waals surface area (Å²) < 4.78 is 4.94. The first-order chi connectivity index (χ1) is 12.0. The van der Waals surface area contributed by atoms with Crippen LogP contribution < -0.4 is 10.6 Å². The average Bonchev–Trinajstić information content (AvgIpc) is 3.00. The summed E-state index contributed by atoms with van der Waals surface area (Å²) in [5, 5.41) is 10.0. The lowest BCUT2D eigenvalue weighted by atomic mass is 9.81. The van der Waals surface area contributed by atoms with E-state index in [1.807, 2.05) is 6.07 Å². The van der Waals surface area contributed by atoms with Gasteiger partial charge in [-0.2, -0.15) is 0 Å². The maximum atomic E-state index is 12.4. The molecule has 0 aliphatic heterocycles. The molecule has 2 amide bonds. The number of aromatic nitrogens is 1. The molecule has 1 aromatic carbocycles. The molecule has 3 rings (SSSR count). The summed E-state index contributed by atoms with van der Waals surface area (Å²) in [5.41, 5.74) is 0.693. The molecule has 0 unspecified atom stereocenters. The van der Waals surface area contributed by atoms with Crippen LogP contribution in [0.4, 0.5) is 11.5 Å². The number of hydrogen-bond acceptors (Lipinski definition) is 4. The van der Waals surface area contributed by atoms with Crippen molar-refractivity contribution in [3.8, 4) is 0 Å². The van der Waals surface area contributed by atoms with Gasteiger partial charge in [0.1, 0.15) is 5.76 Å². The fourth-order valence-corrected chi connectivity index (χ4v) is 3.27. The van der Waals surface area contributed by atoms with E-state index in [0.717, 1.165) is 0 Å². The van der Waals surface area contributed by atoms with E-state index in [1.165, 1.54) is 0 Å². The van der Waals surface area contributed by atoms with Crippen LogP contribution in [0.25, 0.3) is 0 Å². The molecule has 0 spiro atoms. The van der Waals surface area contributed by atoms with E-state index in [9.17, 15) is 9.59 Å². The maximum Gasteiger partial charge on any atom is 0.228 e. The van der Waals surface area contributed by atoms with Gasteiger partial charge in [-0.15, -0.1) is 0 Å². The van der Waals surface area contributed by atoms with Crippen molar-refractivity contribution in [2.45, 2.75) is 32.6 Å². The summed E-state index contributed by atoms with van der Waals surface area (Å²) in [6, 6.07) is 8.77. The second-order valence-electron chi connectivity index (χ2n) is 6.36. The number of hydrogen-bond donors (Lipinski definition) is 2. The zero-order valence-electron chi connectivity index (χ0n) is 13.9. The van der Waals surface area contributed by atoms with E-state index in [2.05, 4.69) is 15.8 Å². The predicted molar refractivity (Wildman–Crippen MR) is 95.4 cm³/mol. The minimum Gasteiger partial charge on any atom is -0.360 e. The van der Waals surface area contributed by atoms with Crippen molar-refractivity contribution >= 4 is 34.9 Å². The lowest BCUT2D eigenvalue weighted by molar-refractivity contribution is -0.125.